The zero-order valence-corrected chi connectivity index (χ0v) is 8.90. The van der Waals surface area contributed by atoms with Crippen LogP contribution in [0.2, 0.25) is 0 Å². The van der Waals surface area contributed by atoms with Gasteiger partial charge in [0.05, 0.1) is 25.0 Å². The molecule has 1 aromatic heterocycles. The number of methoxy groups -OCH3 is 1. The Kier molecular flexibility index (Phi) is 2.37. The normalized spacial score (nSPS) is 10.1. The Bertz CT molecular complexity index is 604. The van der Waals surface area contributed by atoms with Gasteiger partial charge in [-0.25, -0.2) is 4.79 Å². The Labute approximate surface area is 92.0 Å². The Hall–Kier alpha value is -2.28. The number of carbonyl (C=O) groups excluding carboxylic acids is 1. The molecule has 0 atom stereocenters. The van der Waals surface area contributed by atoms with Crippen molar-refractivity contribution in [1.82, 2.24) is 0 Å². The maximum absolute atomic E-state index is 11.5. The molecule has 0 radical (unpaired) electrons. The van der Waals surface area contributed by atoms with E-state index >= 15 is 0 Å². The van der Waals surface area contributed by atoms with E-state index in [0.29, 0.717) is 22.1 Å². The van der Waals surface area contributed by atoms with E-state index in [0.717, 1.165) is 5.56 Å². The third-order valence-electron chi connectivity index (χ3n) is 2.43. The van der Waals surface area contributed by atoms with E-state index in [1.165, 1.54) is 19.4 Å². The molecule has 4 heteroatoms. The molecule has 0 amide bonds. The van der Waals surface area contributed by atoms with Gasteiger partial charge in [0.25, 0.3) is 0 Å². The molecule has 2 rings (SSSR count). The number of furan rings is 1. The predicted molar refractivity (Wildman–Crippen MR) is 57.0 cm³/mol. The summed E-state index contributed by atoms with van der Waals surface area (Å²) in [6.45, 7) is 1.83. The Balaban J connectivity index is 2.82. The monoisotopic (exact) mass is 215 g/mol. The molecule has 2 aromatic rings. The summed E-state index contributed by atoms with van der Waals surface area (Å²) in [5.74, 6) is -0.469. The van der Waals surface area contributed by atoms with Gasteiger partial charge >= 0.3 is 5.97 Å². The molecule has 0 saturated heterocycles. The maximum Gasteiger partial charge on any atom is 0.341 e. The number of esters is 1. The third kappa shape index (κ3) is 1.34. The van der Waals surface area contributed by atoms with Crippen LogP contribution in [0.25, 0.3) is 11.0 Å². The number of carbonyl (C=O) groups is 1. The minimum absolute atomic E-state index is 0.338. The highest BCUT2D eigenvalue weighted by molar-refractivity contribution is 6.04. The summed E-state index contributed by atoms with van der Waals surface area (Å²) >= 11 is 0. The molecule has 1 heterocycles. The molecular weight excluding hydrogens is 206 g/mol. The van der Waals surface area contributed by atoms with Crippen molar-refractivity contribution in [3.63, 3.8) is 0 Å². The van der Waals surface area contributed by atoms with Crippen molar-refractivity contribution < 1.29 is 13.9 Å². The van der Waals surface area contributed by atoms with Gasteiger partial charge in [0, 0.05) is 5.39 Å². The third-order valence-corrected chi connectivity index (χ3v) is 2.43. The first-order chi connectivity index (χ1) is 7.69. The molecule has 4 nitrogen and oxygen atoms in total. The van der Waals surface area contributed by atoms with Crippen LogP contribution in [0.5, 0.6) is 0 Å². The molecule has 0 aliphatic rings. The topological polar surface area (TPSA) is 63.2 Å². The maximum atomic E-state index is 11.5. The van der Waals surface area contributed by atoms with Gasteiger partial charge in [0.2, 0.25) is 0 Å². The SMILES string of the molecule is COC(=O)c1ccc(C#N)c2c(C)coc12. The van der Waals surface area contributed by atoms with Gasteiger partial charge in [-0.3, -0.25) is 0 Å². The van der Waals surface area contributed by atoms with E-state index in [9.17, 15) is 4.79 Å². The van der Waals surface area contributed by atoms with Crippen LogP contribution in [0.4, 0.5) is 0 Å². The molecule has 0 fully saturated rings. The molecule has 0 saturated carbocycles. The molecule has 16 heavy (non-hydrogen) atoms. The first-order valence-electron chi connectivity index (χ1n) is 4.68. The number of hydrogen-bond acceptors (Lipinski definition) is 4. The molecule has 0 spiro atoms. The van der Waals surface area contributed by atoms with Crippen molar-refractivity contribution >= 4 is 16.9 Å². The summed E-state index contributed by atoms with van der Waals surface area (Å²) in [6, 6.07) is 5.20. The Morgan fingerprint density at radius 2 is 2.25 bits per heavy atom. The number of nitriles is 1. The van der Waals surface area contributed by atoms with Crippen LogP contribution in [0.3, 0.4) is 0 Å². The van der Waals surface area contributed by atoms with E-state index in [-0.39, 0.29) is 0 Å². The summed E-state index contributed by atoms with van der Waals surface area (Å²) in [5.41, 5.74) is 2.07. The second-order valence-corrected chi connectivity index (χ2v) is 3.39. The van der Waals surface area contributed by atoms with Gasteiger partial charge in [-0.05, 0) is 24.6 Å². The fourth-order valence-electron chi connectivity index (χ4n) is 1.67. The number of benzene rings is 1. The van der Waals surface area contributed by atoms with Gasteiger partial charge in [-0.2, -0.15) is 5.26 Å². The first kappa shape index (κ1) is 10.2. The van der Waals surface area contributed by atoms with E-state index in [1.54, 1.807) is 6.07 Å². The summed E-state index contributed by atoms with van der Waals surface area (Å²) in [7, 11) is 1.31. The van der Waals surface area contributed by atoms with Gasteiger partial charge in [0.15, 0.2) is 0 Å². The quantitative estimate of drug-likeness (QED) is 0.685. The zero-order chi connectivity index (χ0) is 11.7. The van der Waals surface area contributed by atoms with Crippen LogP contribution in [0.1, 0.15) is 21.5 Å². The molecule has 0 unspecified atom stereocenters. The predicted octanol–water partition coefficient (Wildman–Crippen LogP) is 2.40. The van der Waals surface area contributed by atoms with Crippen molar-refractivity contribution in [2.24, 2.45) is 0 Å². The number of aryl methyl sites for hydroxylation is 1. The van der Waals surface area contributed by atoms with Crippen LogP contribution in [-0.2, 0) is 4.74 Å². The van der Waals surface area contributed by atoms with Crippen LogP contribution in [-0.4, -0.2) is 13.1 Å². The Morgan fingerprint density at radius 3 is 2.88 bits per heavy atom. The van der Waals surface area contributed by atoms with Crippen molar-refractivity contribution in [1.29, 1.82) is 5.26 Å². The average Bonchev–Trinajstić information content (AvgIpc) is 2.70. The van der Waals surface area contributed by atoms with Gasteiger partial charge < -0.3 is 9.15 Å². The number of ether oxygens (including phenoxy) is 1. The lowest BCUT2D eigenvalue weighted by Crippen LogP contribution is -2.01. The number of fused-ring (bicyclic) bond motifs is 1. The average molecular weight is 215 g/mol. The minimum atomic E-state index is -0.469. The number of nitrogens with zero attached hydrogens (tertiary/aromatic N) is 1. The fourth-order valence-corrected chi connectivity index (χ4v) is 1.67. The fraction of sp³-hybridized carbons (Fsp3) is 0.167. The van der Waals surface area contributed by atoms with Crippen molar-refractivity contribution in [2.45, 2.75) is 6.92 Å². The van der Waals surface area contributed by atoms with Crippen LogP contribution in [0.15, 0.2) is 22.8 Å². The second-order valence-electron chi connectivity index (χ2n) is 3.39. The van der Waals surface area contributed by atoms with Crippen LogP contribution < -0.4 is 0 Å². The Morgan fingerprint density at radius 1 is 1.50 bits per heavy atom. The molecule has 0 N–H and O–H groups in total. The lowest BCUT2D eigenvalue weighted by Gasteiger charge is -2.01. The molecular formula is C12H9NO3. The largest absolute Gasteiger partial charge is 0.465 e. The highest BCUT2D eigenvalue weighted by Gasteiger charge is 2.17. The lowest BCUT2D eigenvalue weighted by molar-refractivity contribution is 0.0602. The van der Waals surface area contributed by atoms with Crippen LogP contribution >= 0.6 is 0 Å². The van der Waals surface area contributed by atoms with Crippen molar-refractivity contribution in [3.05, 3.63) is 35.1 Å². The molecule has 0 aliphatic carbocycles. The first-order valence-corrected chi connectivity index (χ1v) is 4.68. The summed E-state index contributed by atoms with van der Waals surface area (Å²) in [6.07, 6.45) is 1.53. The smallest absolute Gasteiger partial charge is 0.341 e. The van der Waals surface area contributed by atoms with E-state index in [1.807, 2.05) is 6.92 Å². The number of rotatable bonds is 1. The van der Waals surface area contributed by atoms with E-state index < -0.39 is 5.97 Å². The lowest BCUT2D eigenvalue weighted by atomic mass is 10.0. The summed E-state index contributed by atoms with van der Waals surface area (Å²) in [5, 5.41) is 9.63. The molecule has 0 bridgehead atoms. The van der Waals surface area contributed by atoms with Gasteiger partial charge in [-0.15, -0.1) is 0 Å². The minimum Gasteiger partial charge on any atom is -0.465 e. The molecule has 0 aliphatic heterocycles. The molecule has 1 aromatic carbocycles. The summed E-state index contributed by atoms with van der Waals surface area (Å²) in [4.78, 5) is 11.5. The van der Waals surface area contributed by atoms with Crippen LogP contribution in [0, 0.1) is 18.3 Å². The second kappa shape index (κ2) is 3.70. The van der Waals surface area contributed by atoms with Gasteiger partial charge in [0.1, 0.15) is 11.1 Å². The number of hydrogen-bond donors (Lipinski definition) is 0. The molecule has 80 valence electrons. The summed E-state index contributed by atoms with van der Waals surface area (Å²) < 4.78 is 9.94. The van der Waals surface area contributed by atoms with Gasteiger partial charge in [-0.1, -0.05) is 0 Å². The zero-order valence-electron chi connectivity index (χ0n) is 8.90. The van der Waals surface area contributed by atoms with Crippen molar-refractivity contribution in [3.8, 4) is 6.07 Å². The highest BCUT2D eigenvalue weighted by Crippen LogP contribution is 2.27. The van der Waals surface area contributed by atoms with E-state index in [2.05, 4.69) is 10.8 Å². The van der Waals surface area contributed by atoms with E-state index in [4.69, 9.17) is 9.68 Å². The van der Waals surface area contributed by atoms with Crippen molar-refractivity contribution in [2.75, 3.05) is 7.11 Å². The standard InChI is InChI=1S/C12H9NO3/c1-7-6-16-11-9(12(14)15-2)4-3-8(5-13)10(7)11/h3-4,6H,1-2H3. The highest BCUT2D eigenvalue weighted by atomic mass is 16.5.